The zero-order chi connectivity index (χ0) is 21.7. The molecule has 0 unspecified atom stereocenters. The molecule has 4 aliphatic rings. The molecule has 0 aromatic carbocycles. The first-order valence-corrected chi connectivity index (χ1v) is 12.9. The fourth-order valence-electron chi connectivity index (χ4n) is 8.78. The Morgan fingerprint density at radius 2 is 1.83 bits per heavy atom. The van der Waals surface area contributed by atoms with Crippen molar-refractivity contribution in [1.29, 1.82) is 0 Å². The van der Waals surface area contributed by atoms with Crippen LogP contribution >= 0.6 is 0 Å². The Morgan fingerprint density at radius 3 is 2.57 bits per heavy atom. The van der Waals surface area contributed by atoms with E-state index in [1.807, 2.05) is 0 Å². The molecule has 0 aromatic heterocycles. The minimum absolute atomic E-state index is 0.137. The molecular weight excluding hydrogens is 372 g/mol. The summed E-state index contributed by atoms with van der Waals surface area (Å²) in [7, 11) is 0. The molecule has 0 heterocycles. The van der Waals surface area contributed by atoms with Gasteiger partial charge in [-0.1, -0.05) is 52.2 Å². The van der Waals surface area contributed by atoms with Crippen molar-refractivity contribution in [1.82, 2.24) is 0 Å². The van der Waals surface area contributed by atoms with Gasteiger partial charge in [0.1, 0.15) is 0 Å². The highest BCUT2D eigenvalue weighted by atomic mass is 16.3. The lowest BCUT2D eigenvalue weighted by molar-refractivity contribution is -0.0620. The summed E-state index contributed by atoms with van der Waals surface area (Å²) < 4.78 is 0. The molecule has 172 valence electrons. The van der Waals surface area contributed by atoms with E-state index in [2.05, 4.69) is 33.8 Å². The van der Waals surface area contributed by atoms with Crippen molar-refractivity contribution in [2.75, 3.05) is 6.61 Å². The van der Waals surface area contributed by atoms with Gasteiger partial charge in [0.2, 0.25) is 0 Å². The summed E-state index contributed by atoms with van der Waals surface area (Å²) in [6.45, 7) is 9.78. The Hall–Kier alpha value is -0.380. The van der Waals surface area contributed by atoms with Gasteiger partial charge in [0.25, 0.3) is 0 Å². The second-order valence-electron chi connectivity index (χ2n) is 12.2. The lowest BCUT2D eigenvalue weighted by Gasteiger charge is -2.58. The van der Waals surface area contributed by atoms with Crippen LogP contribution in [0.1, 0.15) is 91.9 Å². The van der Waals surface area contributed by atoms with Crippen LogP contribution in [-0.4, -0.2) is 34.1 Å². The van der Waals surface area contributed by atoms with Crippen LogP contribution in [0.25, 0.3) is 0 Å². The highest BCUT2D eigenvalue weighted by Crippen LogP contribution is 2.67. The summed E-state index contributed by atoms with van der Waals surface area (Å²) in [6.07, 6.45) is 13.3. The number of aliphatic hydroxyl groups excluding tert-OH is 3. The Morgan fingerprint density at radius 1 is 1.07 bits per heavy atom. The molecule has 0 spiro atoms. The predicted octanol–water partition coefficient (Wildman–Crippen LogP) is 5.33. The van der Waals surface area contributed by atoms with E-state index in [0.717, 1.165) is 50.9 Å². The largest absolute Gasteiger partial charge is 0.396 e. The Kier molecular flexibility index (Phi) is 6.48. The zero-order valence-electron chi connectivity index (χ0n) is 19.8. The van der Waals surface area contributed by atoms with E-state index in [0.29, 0.717) is 29.6 Å². The number of rotatable bonds is 6. The Bertz CT molecular complexity index is 644. The highest BCUT2D eigenvalue weighted by Gasteiger charge is 2.61. The van der Waals surface area contributed by atoms with E-state index in [1.165, 1.54) is 24.8 Å². The van der Waals surface area contributed by atoms with Gasteiger partial charge in [-0.2, -0.15) is 0 Å². The average Bonchev–Trinajstić information content (AvgIpc) is 2.98. The Labute approximate surface area is 184 Å². The molecule has 0 saturated heterocycles. The molecular formula is C27H46O3. The average molecular weight is 419 g/mol. The lowest BCUT2D eigenvalue weighted by atomic mass is 9.47. The van der Waals surface area contributed by atoms with E-state index in [9.17, 15) is 15.3 Å². The third-order valence-corrected chi connectivity index (χ3v) is 10.5. The van der Waals surface area contributed by atoms with Gasteiger partial charge in [-0.15, -0.1) is 0 Å². The number of aliphatic hydroxyl groups is 3. The van der Waals surface area contributed by atoms with Crippen LogP contribution in [0.3, 0.4) is 0 Å². The molecule has 0 amide bonds. The maximum atomic E-state index is 11.2. The van der Waals surface area contributed by atoms with Crippen molar-refractivity contribution in [3.8, 4) is 0 Å². The predicted molar refractivity (Wildman–Crippen MR) is 122 cm³/mol. The molecule has 0 aromatic rings. The van der Waals surface area contributed by atoms with Crippen molar-refractivity contribution in [2.45, 2.75) is 104 Å². The summed E-state index contributed by atoms with van der Waals surface area (Å²) >= 11 is 0. The van der Waals surface area contributed by atoms with Gasteiger partial charge in [0.05, 0.1) is 12.2 Å². The first-order valence-electron chi connectivity index (χ1n) is 12.9. The van der Waals surface area contributed by atoms with Gasteiger partial charge in [-0.05, 0) is 97.7 Å². The quantitative estimate of drug-likeness (QED) is 0.511. The summed E-state index contributed by atoms with van der Waals surface area (Å²) in [5.74, 6) is 3.43. The van der Waals surface area contributed by atoms with Gasteiger partial charge in [-0.25, -0.2) is 0 Å². The van der Waals surface area contributed by atoms with Gasteiger partial charge in [0, 0.05) is 6.61 Å². The standard InChI is InChI=1S/C27H46O3/c1-17(16-28)6-5-7-18(2)25-24(30)15-23-21-9-8-19-14-20(29)10-12-26(19,3)22(21)11-13-27(23,25)4/h8,17-18,20-25,28-30H,5-7,9-16H2,1-4H3/t17-,18-,20+,21-,22+,23+,24-,25+,26+,27+/m1/s1. The molecule has 3 nitrogen and oxygen atoms in total. The first-order chi connectivity index (χ1) is 14.2. The number of hydrogen-bond donors (Lipinski definition) is 3. The van der Waals surface area contributed by atoms with Crippen LogP contribution in [0, 0.1) is 46.3 Å². The topological polar surface area (TPSA) is 60.7 Å². The van der Waals surface area contributed by atoms with Crippen LogP contribution in [0.2, 0.25) is 0 Å². The minimum atomic E-state index is -0.157. The fraction of sp³-hybridized carbons (Fsp3) is 0.926. The van der Waals surface area contributed by atoms with Gasteiger partial charge in [0.15, 0.2) is 0 Å². The smallest absolute Gasteiger partial charge is 0.0579 e. The van der Waals surface area contributed by atoms with Crippen LogP contribution in [0.15, 0.2) is 11.6 Å². The Balaban J connectivity index is 1.50. The lowest BCUT2D eigenvalue weighted by Crippen LogP contribution is -2.51. The monoisotopic (exact) mass is 418 g/mol. The highest BCUT2D eigenvalue weighted by molar-refractivity contribution is 5.25. The van der Waals surface area contributed by atoms with Crippen LogP contribution in [0.5, 0.6) is 0 Å². The van der Waals surface area contributed by atoms with E-state index in [-0.39, 0.29) is 29.6 Å². The maximum absolute atomic E-state index is 11.2. The number of allylic oxidation sites excluding steroid dienone is 1. The van der Waals surface area contributed by atoms with Crippen LogP contribution in [-0.2, 0) is 0 Å². The molecule has 30 heavy (non-hydrogen) atoms. The molecule has 4 rings (SSSR count). The summed E-state index contributed by atoms with van der Waals surface area (Å²) in [5.41, 5.74) is 2.07. The normalized spacial score (nSPS) is 47.6. The molecule has 3 saturated carbocycles. The van der Waals surface area contributed by atoms with Crippen molar-refractivity contribution in [2.24, 2.45) is 46.3 Å². The zero-order valence-corrected chi connectivity index (χ0v) is 19.8. The molecule has 0 radical (unpaired) electrons. The fourth-order valence-corrected chi connectivity index (χ4v) is 8.78. The SMILES string of the molecule is C[C@@H](CO)CCC[C@@H](C)[C@H]1[C@H](O)C[C@H]2[C@@H]3CC=C4C[C@@H](O)CC[C@]4(C)[C@H]3CC[C@]12C. The second-order valence-corrected chi connectivity index (χ2v) is 12.2. The summed E-state index contributed by atoms with van der Waals surface area (Å²) in [6, 6.07) is 0. The van der Waals surface area contributed by atoms with E-state index < -0.39 is 0 Å². The number of hydrogen-bond acceptors (Lipinski definition) is 3. The second kappa shape index (κ2) is 8.52. The molecule has 3 N–H and O–H groups in total. The molecule has 0 aliphatic heterocycles. The van der Waals surface area contributed by atoms with E-state index >= 15 is 0 Å². The minimum Gasteiger partial charge on any atom is -0.396 e. The third-order valence-electron chi connectivity index (χ3n) is 10.5. The van der Waals surface area contributed by atoms with E-state index in [1.54, 1.807) is 0 Å². The van der Waals surface area contributed by atoms with Gasteiger partial charge >= 0.3 is 0 Å². The maximum Gasteiger partial charge on any atom is 0.0579 e. The van der Waals surface area contributed by atoms with E-state index in [4.69, 9.17) is 0 Å². The molecule has 10 atom stereocenters. The van der Waals surface area contributed by atoms with Crippen molar-refractivity contribution in [3.63, 3.8) is 0 Å². The van der Waals surface area contributed by atoms with Gasteiger partial charge < -0.3 is 15.3 Å². The van der Waals surface area contributed by atoms with Crippen molar-refractivity contribution < 1.29 is 15.3 Å². The third kappa shape index (κ3) is 3.71. The summed E-state index contributed by atoms with van der Waals surface area (Å²) in [4.78, 5) is 0. The first kappa shape index (κ1) is 22.8. The molecule has 3 fully saturated rings. The molecule has 3 heteroatoms. The van der Waals surface area contributed by atoms with Crippen molar-refractivity contribution >= 4 is 0 Å². The van der Waals surface area contributed by atoms with Crippen LogP contribution in [0.4, 0.5) is 0 Å². The number of fused-ring (bicyclic) bond motifs is 5. The van der Waals surface area contributed by atoms with Gasteiger partial charge in [-0.3, -0.25) is 0 Å². The molecule has 0 bridgehead atoms. The summed E-state index contributed by atoms with van der Waals surface area (Å²) in [5, 5.41) is 30.8. The van der Waals surface area contributed by atoms with Crippen molar-refractivity contribution in [3.05, 3.63) is 11.6 Å². The van der Waals surface area contributed by atoms with Crippen LogP contribution < -0.4 is 0 Å². The molecule has 4 aliphatic carbocycles.